The molecule has 1 aliphatic carbocycles. The predicted octanol–water partition coefficient (Wildman–Crippen LogP) is 3.68. The van der Waals surface area contributed by atoms with Crippen LogP contribution >= 0.6 is 0 Å². The Balaban J connectivity index is 2.41. The smallest absolute Gasteiger partial charge is 0.149 e. The van der Waals surface area contributed by atoms with E-state index in [2.05, 4.69) is 27.7 Å². The van der Waals surface area contributed by atoms with Crippen molar-refractivity contribution in [3.05, 3.63) is 0 Å². The van der Waals surface area contributed by atoms with Gasteiger partial charge in [0.1, 0.15) is 13.6 Å². The van der Waals surface area contributed by atoms with Gasteiger partial charge in [-0.2, -0.15) is 0 Å². The molecule has 0 aromatic rings. The molecule has 1 aliphatic rings. The molecule has 3 atom stereocenters. The highest BCUT2D eigenvalue weighted by atomic mass is 16.7. The van der Waals surface area contributed by atoms with Gasteiger partial charge in [-0.15, -0.1) is 0 Å². The molecule has 0 N–H and O–H groups in total. The zero-order valence-corrected chi connectivity index (χ0v) is 12.6. The molecule has 0 aliphatic heterocycles. The summed E-state index contributed by atoms with van der Waals surface area (Å²) in [7, 11) is 1.63. The average molecular weight is 258 g/mol. The van der Waals surface area contributed by atoms with Crippen LogP contribution in [0.1, 0.15) is 47.0 Å². The summed E-state index contributed by atoms with van der Waals surface area (Å²) < 4.78 is 16.0. The summed E-state index contributed by atoms with van der Waals surface area (Å²) in [6.07, 6.45) is 4.11. The Hall–Kier alpha value is -0.120. The summed E-state index contributed by atoms with van der Waals surface area (Å²) in [6.45, 7) is 9.96. The number of ether oxygens (including phenoxy) is 3. The highest BCUT2D eigenvalue weighted by Crippen LogP contribution is 2.38. The molecule has 1 rings (SSSR count). The van der Waals surface area contributed by atoms with E-state index in [0.29, 0.717) is 31.5 Å². The molecule has 3 nitrogen and oxygen atoms in total. The lowest BCUT2D eigenvalue weighted by atomic mass is 9.71. The van der Waals surface area contributed by atoms with Crippen LogP contribution < -0.4 is 0 Å². The van der Waals surface area contributed by atoms with Crippen molar-refractivity contribution in [3.8, 4) is 0 Å². The fourth-order valence-corrected chi connectivity index (χ4v) is 2.98. The van der Waals surface area contributed by atoms with E-state index >= 15 is 0 Å². The first-order chi connectivity index (χ1) is 8.56. The summed E-state index contributed by atoms with van der Waals surface area (Å²) >= 11 is 0. The second-order valence-corrected chi connectivity index (χ2v) is 6.16. The largest absolute Gasteiger partial charge is 0.359 e. The Morgan fingerprint density at radius 3 is 2.28 bits per heavy atom. The molecule has 0 aromatic heterocycles. The van der Waals surface area contributed by atoms with Crippen molar-refractivity contribution < 1.29 is 14.2 Å². The van der Waals surface area contributed by atoms with Gasteiger partial charge >= 0.3 is 0 Å². The van der Waals surface area contributed by atoms with Gasteiger partial charge in [0.2, 0.25) is 0 Å². The summed E-state index contributed by atoms with van der Waals surface area (Å²) in [4.78, 5) is 0. The normalized spacial score (nSPS) is 29.2. The quantitative estimate of drug-likeness (QED) is 0.515. The van der Waals surface area contributed by atoms with Crippen molar-refractivity contribution in [1.82, 2.24) is 0 Å². The first-order valence-corrected chi connectivity index (χ1v) is 7.24. The van der Waals surface area contributed by atoms with Gasteiger partial charge in [0.25, 0.3) is 0 Å². The van der Waals surface area contributed by atoms with Crippen molar-refractivity contribution in [2.45, 2.75) is 53.1 Å². The van der Waals surface area contributed by atoms with Gasteiger partial charge in [0, 0.05) is 7.11 Å². The first kappa shape index (κ1) is 15.9. The van der Waals surface area contributed by atoms with Gasteiger partial charge < -0.3 is 14.2 Å². The molecule has 0 radical (unpaired) electrons. The number of methoxy groups -OCH3 is 1. The third kappa shape index (κ3) is 4.87. The number of hydrogen-bond acceptors (Lipinski definition) is 3. The summed E-state index contributed by atoms with van der Waals surface area (Å²) in [5, 5.41) is 0. The number of hydrogen-bond donors (Lipinski definition) is 0. The minimum Gasteiger partial charge on any atom is -0.359 e. The average Bonchev–Trinajstić information content (AvgIpc) is 2.34. The third-order valence-electron chi connectivity index (χ3n) is 4.24. The molecule has 0 amide bonds. The van der Waals surface area contributed by atoms with Crippen LogP contribution in [0.4, 0.5) is 0 Å². The van der Waals surface area contributed by atoms with Crippen molar-refractivity contribution in [3.63, 3.8) is 0 Å². The Morgan fingerprint density at radius 1 is 1.00 bits per heavy atom. The molecule has 3 heteroatoms. The molecule has 18 heavy (non-hydrogen) atoms. The fourth-order valence-electron chi connectivity index (χ4n) is 2.98. The minimum atomic E-state index is 0.313. The second kappa shape index (κ2) is 8.13. The van der Waals surface area contributed by atoms with Crippen LogP contribution in [-0.2, 0) is 14.2 Å². The highest BCUT2D eigenvalue weighted by Gasteiger charge is 2.34. The molecule has 0 saturated heterocycles. The molecule has 0 bridgehead atoms. The molecule has 0 aromatic carbocycles. The molecular formula is C15H30O3. The molecule has 1 fully saturated rings. The monoisotopic (exact) mass is 258 g/mol. The molecular weight excluding hydrogens is 228 g/mol. The maximum absolute atomic E-state index is 5.88. The van der Waals surface area contributed by atoms with Crippen LogP contribution in [0.3, 0.4) is 0 Å². The van der Waals surface area contributed by atoms with E-state index < -0.39 is 0 Å². The number of rotatable bonds is 7. The standard InChI is InChI=1S/C15H30O3/c1-11(2)13-6-7-15(14(8-13)12(3)4)18-10-17-9-16-5/h11-15H,6-10H2,1-5H3/t13?,14?,15-/m1/s1. The minimum absolute atomic E-state index is 0.313. The highest BCUT2D eigenvalue weighted by molar-refractivity contribution is 4.83. The zero-order valence-electron chi connectivity index (χ0n) is 12.6. The van der Waals surface area contributed by atoms with Crippen LogP contribution in [0.15, 0.2) is 0 Å². The van der Waals surface area contributed by atoms with E-state index in [-0.39, 0.29) is 0 Å². The van der Waals surface area contributed by atoms with Crippen LogP contribution in [-0.4, -0.2) is 26.8 Å². The van der Waals surface area contributed by atoms with Gasteiger partial charge in [0.15, 0.2) is 0 Å². The van der Waals surface area contributed by atoms with E-state index in [1.165, 1.54) is 19.3 Å². The van der Waals surface area contributed by atoms with E-state index in [4.69, 9.17) is 14.2 Å². The molecule has 108 valence electrons. The second-order valence-electron chi connectivity index (χ2n) is 6.16. The summed E-state index contributed by atoms with van der Waals surface area (Å²) in [6, 6.07) is 0. The maximum Gasteiger partial charge on any atom is 0.149 e. The first-order valence-electron chi connectivity index (χ1n) is 7.24. The fraction of sp³-hybridized carbons (Fsp3) is 1.00. The lowest BCUT2D eigenvalue weighted by Gasteiger charge is -2.39. The Kier molecular flexibility index (Phi) is 7.20. The van der Waals surface area contributed by atoms with Crippen molar-refractivity contribution in [2.24, 2.45) is 23.7 Å². The van der Waals surface area contributed by atoms with Crippen molar-refractivity contribution in [1.29, 1.82) is 0 Å². The van der Waals surface area contributed by atoms with Gasteiger partial charge in [-0.1, -0.05) is 27.7 Å². The molecule has 0 spiro atoms. The predicted molar refractivity (Wildman–Crippen MR) is 73.2 cm³/mol. The summed E-state index contributed by atoms with van der Waals surface area (Å²) in [5.41, 5.74) is 0. The maximum atomic E-state index is 5.88. The van der Waals surface area contributed by atoms with E-state index in [9.17, 15) is 0 Å². The van der Waals surface area contributed by atoms with Crippen LogP contribution in [0, 0.1) is 23.7 Å². The van der Waals surface area contributed by atoms with Gasteiger partial charge in [-0.25, -0.2) is 0 Å². The van der Waals surface area contributed by atoms with E-state index in [1.54, 1.807) is 7.11 Å². The van der Waals surface area contributed by atoms with Gasteiger partial charge in [0.05, 0.1) is 6.10 Å². The van der Waals surface area contributed by atoms with Crippen LogP contribution in [0.5, 0.6) is 0 Å². The zero-order chi connectivity index (χ0) is 13.5. The van der Waals surface area contributed by atoms with Crippen molar-refractivity contribution >= 4 is 0 Å². The lowest BCUT2D eigenvalue weighted by molar-refractivity contribution is -0.163. The topological polar surface area (TPSA) is 27.7 Å². The molecule has 2 unspecified atom stereocenters. The Labute approximate surface area is 112 Å². The van der Waals surface area contributed by atoms with Crippen LogP contribution in [0.25, 0.3) is 0 Å². The lowest BCUT2D eigenvalue weighted by Crippen LogP contribution is -2.36. The molecule has 1 saturated carbocycles. The van der Waals surface area contributed by atoms with Crippen molar-refractivity contribution in [2.75, 3.05) is 20.7 Å². The van der Waals surface area contributed by atoms with Gasteiger partial charge in [-0.05, 0) is 42.9 Å². The third-order valence-corrected chi connectivity index (χ3v) is 4.24. The van der Waals surface area contributed by atoms with E-state index in [1.807, 2.05) is 0 Å². The Morgan fingerprint density at radius 2 is 1.72 bits per heavy atom. The van der Waals surface area contributed by atoms with Gasteiger partial charge in [-0.3, -0.25) is 0 Å². The SMILES string of the molecule is COCOCO[C@@H]1CCC(C(C)C)CC1C(C)C. The van der Waals surface area contributed by atoms with Crippen LogP contribution in [0.2, 0.25) is 0 Å². The summed E-state index contributed by atoms with van der Waals surface area (Å²) in [5.74, 6) is 2.99. The van der Waals surface area contributed by atoms with E-state index in [0.717, 1.165) is 11.8 Å². The Bertz CT molecular complexity index is 216. The molecule has 0 heterocycles.